The van der Waals surface area contributed by atoms with Crippen molar-refractivity contribution in [3.05, 3.63) is 60.4 Å². The minimum Gasteiger partial charge on any atom is -0.395 e. The molecular formula is C13H9FO3. The smallest absolute Gasteiger partial charge is 0.395 e. The zero-order valence-electron chi connectivity index (χ0n) is 8.80. The van der Waals surface area contributed by atoms with E-state index in [0.717, 1.165) is 0 Å². The van der Waals surface area contributed by atoms with Gasteiger partial charge in [0.05, 0.1) is 0 Å². The first-order valence-corrected chi connectivity index (χ1v) is 4.95. The molecule has 0 spiro atoms. The molecule has 3 nitrogen and oxygen atoms in total. The topological polar surface area (TPSA) is 35.5 Å². The lowest BCUT2D eigenvalue weighted by atomic mass is 10.3. The molecule has 2 aromatic rings. The summed E-state index contributed by atoms with van der Waals surface area (Å²) in [6.45, 7) is 0. The quantitative estimate of drug-likeness (QED) is 0.588. The van der Waals surface area contributed by atoms with Crippen LogP contribution in [0.2, 0.25) is 0 Å². The van der Waals surface area contributed by atoms with Crippen LogP contribution in [0.5, 0.6) is 11.5 Å². The Bertz CT molecular complexity index is 511. The van der Waals surface area contributed by atoms with Crippen LogP contribution < -0.4 is 9.47 Å². The van der Waals surface area contributed by atoms with E-state index in [1.54, 1.807) is 36.4 Å². The Hall–Kier alpha value is -2.36. The van der Waals surface area contributed by atoms with Crippen molar-refractivity contribution in [3.63, 3.8) is 0 Å². The normalized spacial score (nSPS) is 9.71. The fourth-order valence-electron chi connectivity index (χ4n) is 1.22. The summed E-state index contributed by atoms with van der Waals surface area (Å²) in [5.41, 5.74) is 0. The molecule has 86 valence electrons. The van der Waals surface area contributed by atoms with Crippen molar-refractivity contribution < 1.29 is 18.7 Å². The molecule has 2 aromatic carbocycles. The van der Waals surface area contributed by atoms with Crippen LogP contribution in [-0.4, -0.2) is 6.16 Å². The van der Waals surface area contributed by atoms with Crippen LogP contribution in [0.1, 0.15) is 0 Å². The molecule has 0 fully saturated rings. The second-order valence-corrected chi connectivity index (χ2v) is 3.20. The summed E-state index contributed by atoms with van der Waals surface area (Å²) >= 11 is 0. The van der Waals surface area contributed by atoms with Crippen molar-refractivity contribution in [1.82, 2.24) is 0 Å². The van der Waals surface area contributed by atoms with Crippen LogP contribution in [0, 0.1) is 5.82 Å². The van der Waals surface area contributed by atoms with E-state index in [1.807, 2.05) is 0 Å². The molecule has 17 heavy (non-hydrogen) atoms. The second kappa shape index (κ2) is 5.12. The number of carbonyl (C=O) groups excluding carboxylic acids is 1. The van der Waals surface area contributed by atoms with Crippen LogP contribution >= 0.6 is 0 Å². The summed E-state index contributed by atoms with van der Waals surface area (Å²) in [7, 11) is 0. The Morgan fingerprint density at radius 1 is 0.882 bits per heavy atom. The lowest BCUT2D eigenvalue weighted by Crippen LogP contribution is -2.14. The molecule has 0 aliphatic heterocycles. The van der Waals surface area contributed by atoms with Gasteiger partial charge < -0.3 is 9.47 Å². The fourth-order valence-corrected chi connectivity index (χ4v) is 1.22. The van der Waals surface area contributed by atoms with Crippen molar-refractivity contribution in [2.75, 3.05) is 0 Å². The third-order valence-corrected chi connectivity index (χ3v) is 1.97. The summed E-state index contributed by atoms with van der Waals surface area (Å²) in [6.07, 6.45) is -0.971. The molecule has 4 heteroatoms. The molecule has 0 saturated carbocycles. The third-order valence-electron chi connectivity index (χ3n) is 1.97. The molecular weight excluding hydrogens is 223 g/mol. The number of para-hydroxylation sites is 2. The molecule has 0 aliphatic rings. The standard InChI is InChI=1S/C13H9FO3/c14-11-8-4-5-9-12(11)17-13(15)16-10-6-2-1-3-7-10/h1-9H. The Morgan fingerprint density at radius 3 is 2.24 bits per heavy atom. The number of halogens is 1. The Morgan fingerprint density at radius 2 is 1.53 bits per heavy atom. The number of hydrogen-bond acceptors (Lipinski definition) is 3. The highest BCUT2D eigenvalue weighted by Gasteiger charge is 2.10. The van der Waals surface area contributed by atoms with E-state index >= 15 is 0 Å². The molecule has 0 amide bonds. The van der Waals surface area contributed by atoms with Gasteiger partial charge in [-0.15, -0.1) is 0 Å². The third kappa shape index (κ3) is 3.04. The minimum atomic E-state index is -0.971. The largest absolute Gasteiger partial charge is 0.519 e. The summed E-state index contributed by atoms with van der Waals surface area (Å²) in [5.74, 6) is -0.431. The highest BCUT2D eigenvalue weighted by atomic mass is 19.1. The van der Waals surface area contributed by atoms with Crippen LogP contribution in [0.25, 0.3) is 0 Å². The summed E-state index contributed by atoms with van der Waals surface area (Å²) in [4.78, 5) is 11.3. The first-order valence-electron chi connectivity index (χ1n) is 4.95. The first-order chi connectivity index (χ1) is 8.25. The molecule has 0 saturated heterocycles. The lowest BCUT2D eigenvalue weighted by Gasteiger charge is -2.05. The van der Waals surface area contributed by atoms with Gasteiger partial charge in [-0.3, -0.25) is 0 Å². The van der Waals surface area contributed by atoms with E-state index in [1.165, 1.54) is 18.2 Å². The van der Waals surface area contributed by atoms with Gasteiger partial charge in [-0.05, 0) is 24.3 Å². The monoisotopic (exact) mass is 232 g/mol. The maximum absolute atomic E-state index is 13.2. The van der Waals surface area contributed by atoms with Crippen molar-refractivity contribution >= 4 is 6.16 Å². The van der Waals surface area contributed by atoms with Crippen LogP contribution in [-0.2, 0) is 0 Å². The van der Waals surface area contributed by atoms with E-state index in [4.69, 9.17) is 9.47 Å². The number of carbonyl (C=O) groups is 1. The van der Waals surface area contributed by atoms with E-state index < -0.39 is 12.0 Å². The highest BCUT2D eigenvalue weighted by Crippen LogP contribution is 2.17. The van der Waals surface area contributed by atoms with Crippen molar-refractivity contribution in [2.24, 2.45) is 0 Å². The molecule has 0 radical (unpaired) electrons. The Labute approximate surface area is 97.4 Å². The minimum absolute atomic E-state index is 0.159. The molecule has 0 bridgehead atoms. The highest BCUT2D eigenvalue weighted by molar-refractivity contribution is 5.67. The number of rotatable bonds is 2. The van der Waals surface area contributed by atoms with Gasteiger partial charge in [-0.1, -0.05) is 30.3 Å². The van der Waals surface area contributed by atoms with Gasteiger partial charge in [0.15, 0.2) is 11.6 Å². The molecule has 0 N–H and O–H groups in total. The van der Waals surface area contributed by atoms with E-state index in [2.05, 4.69) is 0 Å². The van der Waals surface area contributed by atoms with E-state index in [9.17, 15) is 9.18 Å². The van der Waals surface area contributed by atoms with Crippen LogP contribution in [0.4, 0.5) is 9.18 Å². The van der Waals surface area contributed by atoms with Gasteiger partial charge in [-0.25, -0.2) is 9.18 Å². The molecule has 0 heterocycles. The SMILES string of the molecule is O=C(Oc1ccccc1)Oc1ccccc1F. The van der Waals surface area contributed by atoms with Crippen molar-refractivity contribution in [3.8, 4) is 11.5 Å². The number of hydrogen-bond donors (Lipinski definition) is 0. The molecule has 0 unspecified atom stereocenters. The Balaban J connectivity index is 2.01. The molecule has 0 aromatic heterocycles. The average molecular weight is 232 g/mol. The van der Waals surface area contributed by atoms with Gasteiger partial charge in [0.2, 0.25) is 0 Å². The molecule has 2 rings (SSSR count). The predicted molar refractivity (Wildman–Crippen MR) is 59.5 cm³/mol. The number of ether oxygens (including phenoxy) is 2. The van der Waals surface area contributed by atoms with Gasteiger partial charge >= 0.3 is 6.16 Å². The van der Waals surface area contributed by atoms with E-state index in [0.29, 0.717) is 5.75 Å². The molecule has 0 atom stereocenters. The average Bonchev–Trinajstić information content (AvgIpc) is 2.33. The Kier molecular flexibility index (Phi) is 3.35. The van der Waals surface area contributed by atoms with Crippen LogP contribution in [0.3, 0.4) is 0 Å². The van der Waals surface area contributed by atoms with Crippen molar-refractivity contribution in [2.45, 2.75) is 0 Å². The maximum Gasteiger partial charge on any atom is 0.519 e. The zero-order chi connectivity index (χ0) is 12.1. The second-order valence-electron chi connectivity index (χ2n) is 3.20. The summed E-state index contributed by atoms with van der Waals surface area (Å²) in [6, 6.07) is 14.0. The molecule has 0 aliphatic carbocycles. The number of benzene rings is 2. The fraction of sp³-hybridized carbons (Fsp3) is 0. The first kappa shape index (κ1) is 11.1. The van der Waals surface area contributed by atoms with Crippen LogP contribution in [0.15, 0.2) is 54.6 Å². The van der Waals surface area contributed by atoms with Crippen molar-refractivity contribution in [1.29, 1.82) is 0 Å². The maximum atomic E-state index is 13.2. The zero-order valence-corrected chi connectivity index (χ0v) is 8.80. The summed E-state index contributed by atoms with van der Waals surface area (Å²) in [5, 5.41) is 0. The lowest BCUT2D eigenvalue weighted by molar-refractivity contribution is 0.150. The van der Waals surface area contributed by atoms with Gasteiger partial charge in [0, 0.05) is 0 Å². The van der Waals surface area contributed by atoms with E-state index in [-0.39, 0.29) is 5.75 Å². The van der Waals surface area contributed by atoms with Gasteiger partial charge in [0.1, 0.15) is 5.75 Å². The summed E-state index contributed by atoms with van der Waals surface area (Å²) < 4.78 is 22.7. The van der Waals surface area contributed by atoms with Gasteiger partial charge in [-0.2, -0.15) is 0 Å². The van der Waals surface area contributed by atoms with Gasteiger partial charge in [0.25, 0.3) is 0 Å². The predicted octanol–water partition coefficient (Wildman–Crippen LogP) is 3.40.